The van der Waals surface area contributed by atoms with Gasteiger partial charge in [-0.05, 0) is 25.3 Å². The van der Waals surface area contributed by atoms with Gasteiger partial charge in [0.1, 0.15) is 5.75 Å². The van der Waals surface area contributed by atoms with Crippen LogP contribution in [0.1, 0.15) is 13.8 Å². The van der Waals surface area contributed by atoms with Crippen molar-refractivity contribution in [2.24, 2.45) is 0 Å². The molecule has 0 saturated heterocycles. The van der Waals surface area contributed by atoms with E-state index in [1.165, 1.54) is 0 Å². The van der Waals surface area contributed by atoms with E-state index in [2.05, 4.69) is 0 Å². The minimum Gasteiger partial charge on any atom is -0.507 e. The Morgan fingerprint density at radius 3 is 2.12 bits per heavy atom. The van der Waals surface area contributed by atoms with Crippen molar-refractivity contribution < 1.29 is 9.84 Å². The highest BCUT2D eigenvalue weighted by Crippen LogP contribution is 2.22. The molecule has 2 aromatic carbocycles. The van der Waals surface area contributed by atoms with Gasteiger partial charge in [0, 0.05) is 18.6 Å². The molecule has 2 aromatic rings. The largest absolute Gasteiger partial charge is 0.507 e. The summed E-state index contributed by atoms with van der Waals surface area (Å²) < 4.78 is 4.83. The number of fused-ring (bicyclic) bond motifs is 1. The van der Waals surface area contributed by atoms with Crippen molar-refractivity contribution in [3.8, 4) is 5.75 Å². The fourth-order valence-corrected chi connectivity index (χ4v) is 1.41. The summed E-state index contributed by atoms with van der Waals surface area (Å²) in [6.07, 6.45) is 0. The van der Waals surface area contributed by atoms with Crippen molar-refractivity contribution >= 4 is 10.8 Å². The molecule has 0 fully saturated rings. The molecule has 1 N–H and O–H groups in total. The fourth-order valence-electron chi connectivity index (χ4n) is 1.41. The quantitative estimate of drug-likeness (QED) is 0.834. The van der Waals surface area contributed by atoms with E-state index in [-0.39, 0.29) is 0 Å². The molecular weight excluding hydrogens is 200 g/mol. The van der Waals surface area contributed by atoms with Gasteiger partial charge in [0.25, 0.3) is 0 Å². The summed E-state index contributed by atoms with van der Waals surface area (Å²) in [5.74, 6) is 0.350. The zero-order valence-electron chi connectivity index (χ0n) is 9.81. The van der Waals surface area contributed by atoms with E-state index in [1.807, 2.05) is 50.2 Å². The van der Waals surface area contributed by atoms with Crippen LogP contribution in [0.3, 0.4) is 0 Å². The number of hydrogen-bond acceptors (Lipinski definition) is 2. The van der Waals surface area contributed by atoms with Gasteiger partial charge in [-0.2, -0.15) is 0 Å². The van der Waals surface area contributed by atoms with Crippen molar-refractivity contribution in [3.63, 3.8) is 0 Å². The topological polar surface area (TPSA) is 29.5 Å². The van der Waals surface area contributed by atoms with Gasteiger partial charge in [0.2, 0.25) is 0 Å². The lowest BCUT2D eigenvalue weighted by Crippen LogP contribution is -1.84. The summed E-state index contributed by atoms with van der Waals surface area (Å²) in [5, 5.41) is 11.4. The molecule has 0 atom stereocenters. The molecule has 2 nitrogen and oxygen atoms in total. The van der Waals surface area contributed by atoms with Gasteiger partial charge in [0.15, 0.2) is 0 Å². The predicted molar refractivity (Wildman–Crippen MR) is 67.8 cm³/mol. The lowest BCUT2D eigenvalue weighted by atomic mass is 10.1. The number of rotatable bonds is 2. The lowest BCUT2D eigenvalue weighted by Gasteiger charge is -1.97. The lowest BCUT2D eigenvalue weighted by molar-refractivity contribution is 0.162. The summed E-state index contributed by atoms with van der Waals surface area (Å²) in [4.78, 5) is 0. The SMILES string of the molecule is CCOCC.Oc1cccc2ccccc12. The molecule has 0 bridgehead atoms. The summed E-state index contributed by atoms with van der Waals surface area (Å²) in [7, 11) is 0. The number of benzene rings is 2. The molecular formula is C14H18O2. The number of phenolic OH excluding ortho intramolecular Hbond substituents is 1. The molecule has 0 aliphatic rings. The number of phenols is 1. The van der Waals surface area contributed by atoms with Gasteiger partial charge >= 0.3 is 0 Å². The van der Waals surface area contributed by atoms with Crippen LogP contribution < -0.4 is 0 Å². The third-order valence-corrected chi connectivity index (χ3v) is 2.17. The summed E-state index contributed by atoms with van der Waals surface area (Å²) >= 11 is 0. The first-order chi connectivity index (χ1) is 7.79. The summed E-state index contributed by atoms with van der Waals surface area (Å²) in [6.45, 7) is 5.67. The molecule has 0 radical (unpaired) electrons. The van der Waals surface area contributed by atoms with E-state index in [0.29, 0.717) is 5.75 Å². The molecule has 0 aliphatic carbocycles. The second-order valence-electron chi connectivity index (χ2n) is 3.28. The zero-order valence-corrected chi connectivity index (χ0v) is 9.81. The summed E-state index contributed by atoms with van der Waals surface area (Å²) in [5.41, 5.74) is 0. The van der Waals surface area contributed by atoms with Gasteiger partial charge in [0.05, 0.1) is 0 Å². The maximum absolute atomic E-state index is 9.37. The van der Waals surface area contributed by atoms with Crippen LogP contribution in [-0.4, -0.2) is 18.3 Å². The van der Waals surface area contributed by atoms with Crippen LogP contribution >= 0.6 is 0 Å². The number of ether oxygens (including phenoxy) is 1. The van der Waals surface area contributed by atoms with Gasteiger partial charge in [-0.15, -0.1) is 0 Å². The standard InChI is InChI=1S/C10H8O.C4H10O/c11-10-7-3-5-8-4-1-2-6-9(8)10;1-3-5-4-2/h1-7,11H;3-4H2,1-2H3. The molecule has 0 aliphatic heterocycles. The van der Waals surface area contributed by atoms with Gasteiger partial charge in [-0.1, -0.05) is 36.4 Å². The highest BCUT2D eigenvalue weighted by Gasteiger charge is 1.94. The minimum atomic E-state index is 0.350. The molecule has 0 spiro atoms. The molecule has 0 amide bonds. The van der Waals surface area contributed by atoms with E-state index in [0.717, 1.165) is 24.0 Å². The number of aromatic hydroxyl groups is 1. The maximum atomic E-state index is 9.37. The van der Waals surface area contributed by atoms with Crippen molar-refractivity contribution in [1.29, 1.82) is 0 Å². The second kappa shape index (κ2) is 6.85. The van der Waals surface area contributed by atoms with Crippen LogP contribution in [0.15, 0.2) is 42.5 Å². The molecule has 0 heterocycles. The Labute approximate surface area is 96.5 Å². The molecule has 0 unspecified atom stereocenters. The summed E-state index contributed by atoms with van der Waals surface area (Å²) in [6, 6.07) is 13.3. The van der Waals surface area contributed by atoms with Gasteiger partial charge in [-0.25, -0.2) is 0 Å². The minimum absolute atomic E-state index is 0.350. The van der Waals surface area contributed by atoms with Crippen LogP contribution in [0.4, 0.5) is 0 Å². The Bertz CT molecular complexity index is 417. The zero-order chi connectivity index (χ0) is 11.8. The first-order valence-corrected chi connectivity index (χ1v) is 5.54. The van der Waals surface area contributed by atoms with Crippen molar-refractivity contribution in [2.45, 2.75) is 13.8 Å². The maximum Gasteiger partial charge on any atom is 0.123 e. The van der Waals surface area contributed by atoms with Crippen LogP contribution in [0.25, 0.3) is 10.8 Å². The Kier molecular flexibility index (Phi) is 5.37. The molecule has 86 valence electrons. The van der Waals surface area contributed by atoms with E-state index in [1.54, 1.807) is 6.07 Å². The van der Waals surface area contributed by atoms with E-state index < -0.39 is 0 Å². The Morgan fingerprint density at radius 1 is 0.938 bits per heavy atom. The third kappa shape index (κ3) is 3.55. The van der Waals surface area contributed by atoms with Gasteiger partial charge < -0.3 is 9.84 Å². The average molecular weight is 218 g/mol. The van der Waals surface area contributed by atoms with Gasteiger partial charge in [-0.3, -0.25) is 0 Å². The van der Waals surface area contributed by atoms with E-state index in [4.69, 9.17) is 4.74 Å². The van der Waals surface area contributed by atoms with Crippen LogP contribution in [-0.2, 0) is 4.74 Å². The highest BCUT2D eigenvalue weighted by atomic mass is 16.5. The average Bonchev–Trinajstić information content (AvgIpc) is 2.32. The smallest absolute Gasteiger partial charge is 0.123 e. The first kappa shape index (κ1) is 12.5. The van der Waals surface area contributed by atoms with Crippen molar-refractivity contribution in [2.75, 3.05) is 13.2 Å². The monoisotopic (exact) mass is 218 g/mol. The molecule has 2 rings (SSSR count). The molecule has 2 heteroatoms. The van der Waals surface area contributed by atoms with Crippen LogP contribution in [0, 0.1) is 0 Å². The molecule has 16 heavy (non-hydrogen) atoms. The normalized spacial score (nSPS) is 9.62. The molecule has 0 saturated carbocycles. The third-order valence-electron chi connectivity index (χ3n) is 2.17. The molecule has 0 aromatic heterocycles. The number of hydrogen-bond donors (Lipinski definition) is 1. The Balaban J connectivity index is 0.000000221. The predicted octanol–water partition coefficient (Wildman–Crippen LogP) is 3.59. The second-order valence-corrected chi connectivity index (χ2v) is 3.28. The van der Waals surface area contributed by atoms with Crippen molar-refractivity contribution in [3.05, 3.63) is 42.5 Å². The Hall–Kier alpha value is -1.54. The van der Waals surface area contributed by atoms with Crippen molar-refractivity contribution in [1.82, 2.24) is 0 Å². The highest BCUT2D eigenvalue weighted by molar-refractivity contribution is 5.87. The van der Waals surface area contributed by atoms with Crippen LogP contribution in [0.2, 0.25) is 0 Å². The fraction of sp³-hybridized carbons (Fsp3) is 0.286. The first-order valence-electron chi connectivity index (χ1n) is 5.54. The Morgan fingerprint density at radius 2 is 1.56 bits per heavy atom. The van der Waals surface area contributed by atoms with E-state index in [9.17, 15) is 5.11 Å². The van der Waals surface area contributed by atoms with E-state index >= 15 is 0 Å². The van der Waals surface area contributed by atoms with Crippen LogP contribution in [0.5, 0.6) is 5.75 Å².